The Bertz CT molecular complexity index is 900. The first kappa shape index (κ1) is 20.4. The zero-order chi connectivity index (χ0) is 19.3. The highest BCUT2D eigenvalue weighted by atomic mass is 35.5. The third-order valence-corrected chi connectivity index (χ3v) is 5.77. The molecular weight excluding hydrogens is 374 g/mol. The van der Waals surface area contributed by atoms with Crippen molar-refractivity contribution >= 4 is 33.2 Å². The van der Waals surface area contributed by atoms with E-state index >= 15 is 0 Å². The number of carbonyl (C=O) groups is 1. The van der Waals surface area contributed by atoms with Crippen molar-refractivity contribution in [3.05, 3.63) is 58.6 Å². The molecule has 8 heteroatoms. The lowest BCUT2D eigenvalue weighted by atomic mass is 10.2. The molecule has 0 aliphatic rings. The van der Waals surface area contributed by atoms with Gasteiger partial charge >= 0.3 is 0 Å². The first-order valence-electron chi connectivity index (χ1n) is 7.99. The van der Waals surface area contributed by atoms with Crippen LogP contribution in [0.25, 0.3) is 0 Å². The number of benzene rings is 2. The molecule has 0 fully saturated rings. The maximum Gasteiger partial charge on any atom is 0.240 e. The number of amides is 1. The number of halogens is 1. The lowest BCUT2D eigenvalue weighted by Crippen LogP contribution is -2.30. The number of likely N-dealkylation sites (N-methyl/N-ethyl adjacent to an activating group) is 1. The van der Waals surface area contributed by atoms with E-state index < -0.39 is 10.0 Å². The maximum atomic E-state index is 12.3. The summed E-state index contributed by atoms with van der Waals surface area (Å²) in [5, 5.41) is 3.38. The van der Waals surface area contributed by atoms with Crippen molar-refractivity contribution in [1.29, 1.82) is 0 Å². The standard InChI is InChI=1S/C18H22ClN3O3S/c1-13-8-9-15(10-17(13)26(24,25)20-2)21-18(23)12-22(3)11-14-6-4-5-7-16(14)19/h4-10,20H,11-12H2,1-3H3,(H,21,23). The number of rotatable bonds is 7. The predicted octanol–water partition coefficient (Wildman–Crippen LogP) is 2.63. The Hall–Kier alpha value is -1.93. The molecule has 0 saturated heterocycles. The molecule has 0 aromatic heterocycles. The Balaban J connectivity index is 2.04. The smallest absolute Gasteiger partial charge is 0.240 e. The van der Waals surface area contributed by atoms with Crippen LogP contribution in [0, 0.1) is 6.92 Å². The first-order valence-corrected chi connectivity index (χ1v) is 9.85. The minimum atomic E-state index is -3.58. The van der Waals surface area contributed by atoms with Gasteiger partial charge in [-0.25, -0.2) is 13.1 Å². The van der Waals surface area contributed by atoms with Crippen LogP contribution in [0.1, 0.15) is 11.1 Å². The van der Waals surface area contributed by atoms with Gasteiger partial charge in [-0.15, -0.1) is 0 Å². The lowest BCUT2D eigenvalue weighted by Gasteiger charge is -2.17. The van der Waals surface area contributed by atoms with Gasteiger partial charge in [0.2, 0.25) is 15.9 Å². The maximum absolute atomic E-state index is 12.3. The van der Waals surface area contributed by atoms with Crippen LogP contribution in [0.2, 0.25) is 5.02 Å². The van der Waals surface area contributed by atoms with Gasteiger partial charge in [-0.2, -0.15) is 0 Å². The van der Waals surface area contributed by atoms with Gasteiger partial charge in [-0.05, 0) is 50.3 Å². The summed E-state index contributed by atoms with van der Waals surface area (Å²) in [4.78, 5) is 14.2. The second-order valence-corrected chi connectivity index (χ2v) is 8.26. The number of nitrogens with one attached hydrogen (secondary N) is 2. The molecule has 26 heavy (non-hydrogen) atoms. The van der Waals surface area contributed by atoms with E-state index in [1.807, 2.05) is 30.1 Å². The van der Waals surface area contributed by atoms with Gasteiger partial charge in [0.15, 0.2) is 0 Å². The molecule has 0 aliphatic heterocycles. The molecule has 1 amide bonds. The van der Waals surface area contributed by atoms with Crippen LogP contribution in [0.4, 0.5) is 5.69 Å². The van der Waals surface area contributed by atoms with Crippen molar-refractivity contribution in [3.8, 4) is 0 Å². The molecule has 0 saturated carbocycles. The van der Waals surface area contributed by atoms with Crippen LogP contribution in [-0.4, -0.2) is 39.9 Å². The Kier molecular flexibility index (Phi) is 6.77. The average Bonchev–Trinajstić information content (AvgIpc) is 2.58. The molecule has 0 atom stereocenters. The zero-order valence-corrected chi connectivity index (χ0v) is 16.5. The summed E-state index contributed by atoms with van der Waals surface area (Å²) in [6, 6.07) is 12.3. The van der Waals surface area contributed by atoms with Gasteiger partial charge in [-0.1, -0.05) is 35.9 Å². The van der Waals surface area contributed by atoms with E-state index in [4.69, 9.17) is 11.6 Å². The SMILES string of the molecule is CNS(=O)(=O)c1cc(NC(=O)CN(C)Cc2ccccc2Cl)ccc1C. The Morgan fingerprint density at radius 1 is 1.19 bits per heavy atom. The van der Waals surface area contributed by atoms with E-state index in [-0.39, 0.29) is 17.3 Å². The zero-order valence-electron chi connectivity index (χ0n) is 14.9. The molecule has 6 nitrogen and oxygen atoms in total. The van der Waals surface area contributed by atoms with Crippen LogP contribution < -0.4 is 10.0 Å². The molecule has 0 aliphatic carbocycles. The van der Waals surface area contributed by atoms with E-state index in [1.165, 1.54) is 13.1 Å². The number of nitrogens with zero attached hydrogens (tertiary/aromatic N) is 1. The fourth-order valence-electron chi connectivity index (χ4n) is 2.50. The minimum absolute atomic E-state index is 0.141. The third-order valence-electron chi connectivity index (χ3n) is 3.84. The molecule has 2 aromatic rings. The van der Waals surface area contributed by atoms with E-state index in [1.54, 1.807) is 25.1 Å². The van der Waals surface area contributed by atoms with E-state index in [0.29, 0.717) is 22.8 Å². The van der Waals surface area contributed by atoms with Crippen LogP contribution in [0.5, 0.6) is 0 Å². The summed E-state index contributed by atoms with van der Waals surface area (Å²) in [6.07, 6.45) is 0. The Morgan fingerprint density at radius 2 is 1.88 bits per heavy atom. The fraction of sp³-hybridized carbons (Fsp3) is 0.278. The molecule has 0 spiro atoms. The Morgan fingerprint density at radius 3 is 2.54 bits per heavy atom. The van der Waals surface area contributed by atoms with Gasteiger partial charge in [0, 0.05) is 17.3 Å². The van der Waals surface area contributed by atoms with Crippen LogP contribution in [0.3, 0.4) is 0 Å². The largest absolute Gasteiger partial charge is 0.325 e. The summed E-state index contributed by atoms with van der Waals surface area (Å²) in [7, 11) is -0.417. The van der Waals surface area contributed by atoms with E-state index in [0.717, 1.165) is 5.56 Å². The van der Waals surface area contributed by atoms with Crippen molar-refractivity contribution < 1.29 is 13.2 Å². The summed E-state index contributed by atoms with van der Waals surface area (Å²) in [5.74, 6) is -0.240. The fourth-order valence-corrected chi connectivity index (χ4v) is 3.69. The van der Waals surface area contributed by atoms with Gasteiger partial charge in [0.05, 0.1) is 11.4 Å². The Labute approximate surface area is 159 Å². The summed E-state index contributed by atoms with van der Waals surface area (Å²) in [5.41, 5.74) is 1.97. The van der Waals surface area contributed by atoms with Gasteiger partial charge in [0.1, 0.15) is 0 Å². The molecule has 0 radical (unpaired) electrons. The van der Waals surface area contributed by atoms with Crippen molar-refractivity contribution in [1.82, 2.24) is 9.62 Å². The number of carbonyl (C=O) groups excluding carboxylic acids is 1. The van der Waals surface area contributed by atoms with Gasteiger partial charge in [0.25, 0.3) is 0 Å². The summed E-state index contributed by atoms with van der Waals surface area (Å²) >= 11 is 6.13. The van der Waals surface area contributed by atoms with Gasteiger partial charge < -0.3 is 5.32 Å². The van der Waals surface area contributed by atoms with Crippen LogP contribution in [-0.2, 0) is 21.4 Å². The van der Waals surface area contributed by atoms with Crippen LogP contribution >= 0.6 is 11.6 Å². The van der Waals surface area contributed by atoms with Crippen molar-refractivity contribution in [2.45, 2.75) is 18.4 Å². The van der Waals surface area contributed by atoms with Crippen molar-refractivity contribution in [2.24, 2.45) is 0 Å². The predicted molar refractivity (Wildman–Crippen MR) is 104 cm³/mol. The monoisotopic (exact) mass is 395 g/mol. The molecule has 0 bridgehead atoms. The third kappa shape index (κ3) is 5.28. The molecule has 2 aromatic carbocycles. The highest BCUT2D eigenvalue weighted by molar-refractivity contribution is 7.89. The molecular formula is C18H22ClN3O3S. The minimum Gasteiger partial charge on any atom is -0.325 e. The molecule has 140 valence electrons. The van der Waals surface area contributed by atoms with Crippen LogP contribution in [0.15, 0.2) is 47.4 Å². The molecule has 0 unspecified atom stereocenters. The van der Waals surface area contributed by atoms with E-state index in [2.05, 4.69) is 10.0 Å². The first-order chi connectivity index (χ1) is 12.2. The number of hydrogen-bond acceptors (Lipinski definition) is 4. The molecule has 2 rings (SSSR count). The quantitative estimate of drug-likeness (QED) is 0.755. The van der Waals surface area contributed by atoms with Gasteiger partial charge in [-0.3, -0.25) is 9.69 Å². The van der Waals surface area contributed by atoms with E-state index in [9.17, 15) is 13.2 Å². The topological polar surface area (TPSA) is 78.5 Å². The lowest BCUT2D eigenvalue weighted by molar-refractivity contribution is -0.117. The molecule has 2 N–H and O–H groups in total. The second kappa shape index (κ2) is 8.64. The highest BCUT2D eigenvalue weighted by Gasteiger charge is 2.16. The number of hydrogen-bond donors (Lipinski definition) is 2. The second-order valence-electron chi connectivity index (χ2n) is 6.00. The number of sulfonamides is 1. The normalized spacial score (nSPS) is 11.6. The summed E-state index contributed by atoms with van der Waals surface area (Å²) in [6.45, 7) is 2.38. The number of anilines is 1. The average molecular weight is 396 g/mol. The van der Waals surface area contributed by atoms with Crippen molar-refractivity contribution in [3.63, 3.8) is 0 Å². The number of aryl methyl sites for hydroxylation is 1. The van der Waals surface area contributed by atoms with Crippen molar-refractivity contribution in [2.75, 3.05) is 26.0 Å². The summed E-state index contributed by atoms with van der Waals surface area (Å²) < 4.78 is 26.3. The molecule has 0 heterocycles. The highest BCUT2D eigenvalue weighted by Crippen LogP contribution is 2.20.